The Morgan fingerprint density at radius 3 is 2.24 bits per heavy atom. The van der Waals surface area contributed by atoms with Gasteiger partial charge in [0, 0.05) is 4.47 Å². The van der Waals surface area contributed by atoms with E-state index in [1.807, 2.05) is 0 Å². The summed E-state index contributed by atoms with van der Waals surface area (Å²) in [7, 11) is 0. The number of hydrogen-bond donors (Lipinski definition) is 1. The summed E-state index contributed by atoms with van der Waals surface area (Å²) in [6, 6.07) is 8.66. The summed E-state index contributed by atoms with van der Waals surface area (Å²) in [6.07, 6.45) is 5.10. The molecular formula is C19H32BrN. The lowest BCUT2D eigenvalue weighted by atomic mass is 9.86. The highest BCUT2D eigenvalue weighted by atomic mass is 79.9. The normalized spacial score (nSPS) is 13.1. The minimum Gasteiger partial charge on any atom is -0.316 e. The molecule has 0 spiro atoms. The summed E-state index contributed by atoms with van der Waals surface area (Å²) >= 11 is 3.70. The van der Waals surface area contributed by atoms with E-state index in [1.165, 1.54) is 35.7 Å². The summed E-state index contributed by atoms with van der Waals surface area (Å²) in [6.45, 7) is 11.5. The lowest BCUT2D eigenvalue weighted by Gasteiger charge is -2.23. The van der Waals surface area contributed by atoms with Crippen LogP contribution < -0.4 is 5.32 Å². The predicted octanol–water partition coefficient (Wildman–Crippen LogP) is 5.68. The first-order chi connectivity index (χ1) is 10.1. The highest BCUT2D eigenvalue weighted by Gasteiger charge is 2.16. The summed E-state index contributed by atoms with van der Waals surface area (Å²) in [4.78, 5) is 0. The maximum atomic E-state index is 3.70. The molecule has 0 saturated heterocycles. The molecule has 1 unspecified atom stereocenters. The van der Waals surface area contributed by atoms with Crippen LogP contribution in [-0.4, -0.2) is 13.1 Å². The van der Waals surface area contributed by atoms with Gasteiger partial charge in [0.25, 0.3) is 0 Å². The van der Waals surface area contributed by atoms with Crippen molar-refractivity contribution in [3.63, 3.8) is 0 Å². The Labute approximate surface area is 140 Å². The van der Waals surface area contributed by atoms with E-state index >= 15 is 0 Å². The van der Waals surface area contributed by atoms with Crippen molar-refractivity contribution < 1.29 is 0 Å². The van der Waals surface area contributed by atoms with Crippen LogP contribution in [0.1, 0.15) is 52.5 Å². The predicted molar refractivity (Wildman–Crippen MR) is 97.7 cm³/mol. The molecule has 21 heavy (non-hydrogen) atoms. The molecule has 0 saturated carbocycles. The van der Waals surface area contributed by atoms with Gasteiger partial charge in [-0.15, -0.1) is 0 Å². The first kappa shape index (κ1) is 18.7. The Morgan fingerprint density at radius 1 is 1.00 bits per heavy atom. The molecule has 0 heterocycles. The number of benzene rings is 1. The van der Waals surface area contributed by atoms with Gasteiger partial charge in [-0.3, -0.25) is 0 Å². The van der Waals surface area contributed by atoms with Gasteiger partial charge >= 0.3 is 0 Å². The molecule has 0 fully saturated rings. The summed E-state index contributed by atoms with van der Waals surface area (Å²) < 4.78 is 1.25. The molecule has 120 valence electrons. The highest BCUT2D eigenvalue weighted by molar-refractivity contribution is 9.10. The van der Waals surface area contributed by atoms with Crippen LogP contribution in [0.5, 0.6) is 0 Å². The molecule has 1 rings (SSSR count). The largest absolute Gasteiger partial charge is 0.316 e. The Hall–Kier alpha value is -0.340. The Morgan fingerprint density at radius 2 is 1.67 bits per heavy atom. The molecule has 1 nitrogen and oxygen atoms in total. The fourth-order valence-electron chi connectivity index (χ4n) is 2.88. The van der Waals surface area contributed by atoms with Gasteiger partial charge in [0.1, 0.15) is 0 Å². The van der Waals surface area contributed by atoms with Gasteiger partial charge in [-0.05, 0) is 55.3 Å². The molecule has 0 aliphatic rings. The van der Waals surface area contributed by atoms with E-state index < -0.39 is 0 Å². The molecule has 0 aliphatic heterocycles. The second-order valence-electron chi connectivity index (χ2n) is 6.63. The minimum absolute atomic E-state index is 0.724. The van der Waals surface area contributed by atoms with Crippen molar-refractivity contribution in [1.82, 2.24) is 5.32 Å². The fraction of sp³-hybridized carbons (Fsp3) is 0.684. The Bertz CT molecular complexity index is 385. The van der Waals surface area contributed by atoms with Crippen molar-refractivity contribution in [2.45, 2.75) is 53.4 Å². The van der Waals surface area contributed by atoms with Gasteiger partial charge in [0.05, 0.1) is 0 Å². The van der Waals surface area contributed by atoms with E-state index in [2.05, 4.69) is 73.2 Å². The summed E-state index contributed by atoms with van der Waals surface area (Å²) in [5, 5.41) is 3.66. The average Bonchev–Trinajstić information content (AvgIpc) is 2.46. The zero-order valence-electron chi connectivity index (χ0n) is 14.2. The van der Waals surface area contributed by atoms with Crippen LogP contribution in [0, 0.1) is 17.8 Å². The Kier molecular flexibility index (Phi) is 9.26. The summed E-state index contributed by atoms with van der Waals surface area (Å²) in [5.41, 5.74) is 1.44. The van der Waals surface area contributed by atoms with E-state index in [9.17, 15) is 0 Å². The molecule has 1 aromatic carbocycles. The average molecular weight is 354 g/mol. The molecule has 0 amide bonds. The first-order valence-corrected chi connectivity index (χ1v) is 9.30. The monoisotopic (exact) mass is 353 g/mol. The van der Waals surface area contributed by atoms with Crippen LogP contribution in [0.2, 0.25) is 0 Å². The Balaban J connectivity index is 2.64. The molecular weight excluding hydrogens is 322 g/mol. The van der Waals surface area contributed by atoms with Gasteiger partial charge < -0.3 is 5.32 Å². The third kappa shape index (κ3) is 7.46. The van der Waals surface area contributed by atoms with Crippen molar-refractivity contribution >= 4 is 15.9 Å². The van der Waals surface area contributed by atoms with E-state index in [0.29, 0.717) is 0 Å². The number of rotatable bonds is 10. The van der Waals surface area contributed by atoms with E-state index in [0.717, 1.165) is 30.8 Å². The quantitative estimate of drug-likeness (QED) is 0.570. The summed E-state index contributed by atoms with van der Waals surface area (Å²) in [5.74, 6) is 2.31. The maximum absolute atomic E-state index is 3.70. The molecule has 2 heteroatoms. The molecule has 0 aromatic heterocycles. The first-order valence-electron chi connectivity index (χ1n) is 8.50. The van der Waals surface area contributed by atoms with Crippen molar-refractivity contribution in [1.29, 1.82) is 0 Å². The van der Waals surface area contributed by atoms with E-state index in [4.69, 9.17) is 0 Å². The second-order valence-corrected chi connectivity index (χ2v) is 7.49. The number of nitrogens with one attached hydrogen (secondary N) is 1. The smallest absolute Gasteiger partial charge is 0.0207 e. The zero-order chi connectivity index (χ0) is 15.7. The number of hydrogen-bond acceptors (Lipinski definition) is 1. The van der Waals surface area contributed by atoms with Gasteiger partial charge in [-0.1, -0.05) is 74.7 Å². The molecule has 0 radical (unpaired) electrons. The molecule has 1 N–H and O–H groups in total. The van der Waals surface area contributed by atoms with Gasteiger partial charge in [0.2, 0.25) is 0 Å². The van der Waals surface area contributed by atoms with Crippen LogP contribution in [0.4, 0.5) is 0 Å². The molecule has 0 aliphatic carbocycles. The number of halogens is 1. The van der Waals surface area contributed by atoms with Crippen LogP contribution in [0.15, 0.2) is 28.7 Å². The van der Waals surface area contributed by atoms with Crippen molar-refractivity contribution in [3.05, 3.63) is 34.3 Å². The van der Waals surface area contributed by atoms with Gasteiger partial charge in [-0.2, -0.15) is 0 Å². The maximum Gasteiger partial charge on any atom is 0.0207 e. The second kappa shape index (κ2) is 10.4. The fourth-order valence-corrected chi connectivity index (χ4v) is 3.33. The van der Waals surface area contributed by atoms with Crippen molar-refractivity contribution in [2.75, 3.05) is 13.1 Å². The molecule has 1 atom stereocenters. The van der Waals surface area contributed by atoms with Crippen LogP contribution >= 0.6 is 15.9 Å². The third-order valence-electron chi connectivity index (χ3n) is 4.27. The highest BCUT2D eigenvalue weighted by Crippen LogP contribution is 2.25. The van der Waals surface area contributed by atoms with Gasteiger partial charge in [-0.25, -0.2) is 0 Å². The third-order valence-corrected chi connectivity index (χ3v) is 5.05. The SMILES string of the molecule is CCC(CC)CC(CNCC(C)C)Cc1ccccc1Br. The topological polar surface area (TPSA) is 12.0 Å². The van der Waals surface area contributed by atoms with Crippen LogP contribution in [-0.2, 0) is 6.42 Å². The van der Waals surface area contributed by atoms with Crippen LogP contribution in [0.25, 0.3) is 0 Å². The van der Waals surface area contributed by atoms with Crippen molar-refractivity contribution in [2.24, 2.45) is 17.8 Å². The lowest BCUT2D eigenvalue weighted by molar-refractivity contribution is 0.333. The van der Waals surface area contributed by atoms with E-state index in [-0.39, 0.29) is 0 Å². The molecule has 1 aromatic rings. The lowest BCUT2D eigenvalue weighted by Crippen LogP contribution is -2.29. The minimum atomic E-state index is 0.724. The van der Waals surface area contributed by atoms with Crippen LogP contribution in [0.3, 0.4) is 0 Å². The standard InChI is InChI=1S/C19H32BrN/c1-5-16(6-2)11-17(14-21-13-15(3)4)12-18-9-7-8-10-19(18)20/h7-10,15-17,21H,5-6,11-14H2,1-4H3. The zero-order valence-corrected chi connectivity index (χ0v) is 15.7. The van der Waals surface area contributed by atoms with Crippen molar-refractivity contribution in [3.8, 4) is 0 Å². The molecule has 0 bridgehead atoms. The van der Waals surface area contributed by atoms with E-state index in [1.54, 1.807) is 0 Å². The van der Waals surface area contributed by atoms with Gasteiger partial charge in [0.15, 0.2) is 0 Å².